The molecule has 1 atom stereocenters. The average molecular weight is 326 g/mol. The van der Waals surface area contributed by atoms with Gasteiger partial charge in [-0.2, -0.15) is 0 Å². The molecule has 1 aromatic carbocycles. The Balaban J connectivity index is 2.23. The molecule has 0 saturated carbocycles. The van der Waals surface area contributed by atoms with Crippen LogP contribution in [0.5, 0.6) is 0 Å². The Kier molecular flexibility index (Phi) is 5.54. The molecule has 5 nitrogen and oxygen atoms in total. The number of rotatable bonds is 5. The van der Waals surface area contributed by atoms with Crippen molar-refractivity contribution in [2.24, 2.45) is 0 Å². The third kappa shape index (κ3) is 4.54. The molecule has 0 spiro atoms. The van der Waals surface area contributed by atoms with Gasteiger partial charge in [-0.15, -0.1) is 0 Å². The van der Waals surface area contributed by atoms with Crippen molar-refractivity contribution in [3.8, 4) is 0 Å². The Morgan fingerprint density at radius 1 is 1.21 bits per heavy atom. The minimum atomic E-state index is -0.182. The van der Waals surface area contributed by atoms with Crippen molar-refractivity contribution in [2.75, 3.05) is 5.32 Å². The van der Waals surface area contributed by atoms with E-state index in [0.29, 0.717) is 11.6 Å². The molecule has 1 aromatic heterocycles. The van der Waals surface area contributed by atoms with E-state index in [1.807, 2.05) is 32.0 Å². The Labute approximate surface area is 143 Å². The number of carbonyl (C=O) groups excluding carboxylic acids is 1. The maximum absolute atomic E-state index is 12.2. The van der Waals surface area contributed by atoms with Gasteiger partial charge in [-0.25, -0.2) is 9.97 Å². The summed E-state index contributed by atoms with van der Waals surface area (Å²) in [6, 6.07) is 9.81. The number of hydrogen-bond donors (Lipinski definition) is 2. The summed E-state index contributed by atoms with van der Waals surface area (Å²) < 4.78 is 0. The van der Waals surface area contributed by atoms with Crippen molar-refractivity contribution >= 4 is 17.5 Å². The Morgan fingerprint density at radius 3 is 2.58 bits per heavy atom. The van der Waals surface area contributed by atoms with Crippen LogP contribution in [0.2, 0.25) is 0 Å². The number of nitrogens with one attached hydrogen (secondary N) is 2. The molecule has 24 heavy (non-hydrogen) atoms. The summed E-state index contributed by atoms with van der Waals surface area (Å²) in [5.41, 5.74) is 2.48. The smallest absolute Gasteiger partial charge is 0.270 e. The third-order valence-electron chi connectivity index (χ3n) is 3.86. The number of aromatic nitrogens is 2. The number of carbonyl (C=O) groups is 1. The van der Waals surface area contributed by atoms with Crippen LogP contribution in [0, 0.1) is 0 Å². The predicted octanol–water partition coefficient (Wildman–Crippen LogP) is 4.05. The van der Waals surface area contributed by atoms with Gasteiger partial charge in [0.15, 0.2) is 0 Å². The van der Waals surface area contributed by atoms with E-state index in [4.69, 9.17) is 0 Å². The van der Waals surface area contributed by atoms with Gasteiger partial charge in [-0.1, -0.05) is 45.9 Å². The second-order valence-corrected chi connectivity index (χ2v) is 6.97. The summed E-state index contributed by atoms with van der Waals surface area (Å²) in [6.45, 7) is 10.5. The molecule has 1 unspecified atom stereocenters. The number of benzene rings is 1. The second kappa shape index (κ2) is 7.43. The molecule has 0 radical (unpaired) electrons. The van der Waals surface area contributed by atoms with Gasteiger partial charge in [-0.05, 0) is 36.5 Å². The lowest BCUT2D eigenvalue weighted by atomic mass is 9.86. The highest BCUT2D eigenvalue weighted by molar-refractivity contribution is 5.92. The molecule has 0 aliphatic rings. The van der Waals surface area contributed by atoms with Gasteiger partial charge in [-0.3, -0.25) is 4.79 Å². The highest BCUT2D eigenvalue weighted by Gasteiger charge is 2.18. The van der Waals surface area contributed by atoms with Crippen LogP contribution in [0.4, 0.5) is 11.6 Å². The molecule has 1 heterocycles. The van der Waals surface area contributed by atoms with Crippen molar-refractivity contribution < 1.29 is 4.79 Å². The van der Waals surface area contributed by atoms with Crippen LogP contribution in [-0.2, 0) is 5.41 Å². The maximum Gasteiger partial charge on any atom is 0.270 e. The van der Waals surface area contributed by atoms with E-state index in [0.717, 1.165) is 12.1 Å². The standard InChI is InChI=1S/C19H26N4O/c1-6-13(2)21-17(24)16-11-12-20-18(23-16)22-15-10-8-7-9-14(15)19(3,4)5/h7-13H,6H2,1-5H3,(H,21,24)(H,20,22,23). The lowest BCUT2D eigenvalue weighted by Crippen LogP contribution is -2.32. The molecule has 0 saturated heterocycles. The van der Waals surface area contributed by atoms with Gasteiger partial charge in [0.25, 0.3) is 5.91 Å². The van der Waals surface area contributed by atoms with Crippen LogP contribution in [0.25, 0.3) is 0 Å². The average Bonchev–Trinajstić information content (AvgIpc) is 2.54. The fourth-order valence-corrected chi connectivity index (χ4v) is 2.31. The van der Waals surface area contributed by atoms with E-state index in [2.05, 4.69) is 47.4 Å². The number of hydrogen-bond acceptors (Lipinski definition) is 4. The first-order chi connectivity index (χ1) is 11.3. The van der Waals surface area contributed by atoms with Crippen molar-refractivity contribution in [2.45, 2.75) is 52.5 Å². The van der Waals surface area contributed by atoms with Crippen LogP contribution in [0.15, 0.2) is 36.5 Å². The second-order valence-electron chi connectivity index (χ2n) is 6.97. The largest absolute Gasteiger partial charge is 0.348 e. The molecule has 0 aliphatic heterocycles. The number of para-hydroxylation sites is 1. The molecule has 0 aliphatic carbocycles. The zero-order chi connectivity index (χ0) is 17.7. The minimum absolute atomic E-state index is 0.00482. The van der Waals surface area contributed by atoms with Gasteiger partial charge >= 0.3 is 0 Å². The molecular weight excluding hydrogens is 300 g/mol. The Morgan fingerprint density at radius 2 is 1.92 bits per heavy atom. The summed E-state index contributed by atoms with van der Waals surface area (Å²) in [6.07, 6.45) is 2.47. The van der Waals surface area contributed by atoms with Crippen LogP contribution in [-0.4, -0.2) is 21.9 Å². The van der Waals surface area contributed by atoms with Crippen LogP contribution >= 0.6 is 0 Å². The zero-order valence-corrected chi connectivity index (χ0v) is 15.1. The molecule has 0 bridgehead atoms. The van der Waals surface area contributed by atoms with E-state index in [1.165, 1.54) is 5.56 Å². The molecule has 2 rings (SSSR count). The lowest BCUT2D eigenvalue weighted by molar-refractivity contribution is 0.0934. The summed E-state index contributed by atoms with van der Waals surface area (Å²) in [5.74, 6) is 0.238. The monoisotopic (exact) mass is 326 g/mol. The first-order valence-electron chi connectivity index (χ1n) is 8.31. The van der Waals surface area contributed by atoms with E-state index in [9.17, 15) is 4.79 Å². The van der Waals surface area contributed by atoms with Gasteiger partial charge in [0.1, 0.15) is 5.69 Å². The maximum atomic E-state index is 12.2. The molecule has 2 N–H and O–H groups in total. The molecule has 128 valence electrons. The fraction of sp³-hybridized carbons (Fsp3) is 0.421. The summed E-state index contributed by atoms with van der Waals surface area (Å²) >= 11 is 0. The van der Waals surface area contributed by atoms with Gasteiger partial charge in [0.05, 0.1) is 0 Å². The molecule has 0 fully saturated rings. The van der Waals surface area contributed by atoms with E-state index in [1.54, 1.807) is 12.3 Å². The van der Waals surface area contributed by atoms with Crippen LogP contribution in [0.3, 0.4) is 0 Å². The van der Waals surface area contributed by atoms with Crippen molar-refractivity contribution in [1.82, 2.24) is 15.3 Å². The highest BCUT2D eigenvalue weighted by Crippen LogP contribution is 2.30. The SMILES string of the molecule is CCC(C)NC(=O)c1ccnc(Nc2ccccc2C(C)(C)C)n1. The normalized spacial score (nSPS) is 12.5. The van der Waals surface area contributed by atoms with Crippen LogP contribution in [0.1, 0.15) is 57.1 Å². The van der Waals surface area contributed by atoms with Crippen molar-refractivity contribution in [1.29, 1.82) is 0 Å². The first-order valence-corrected chi connectivity index (χ1v) is 8.31. The van der Waals surface area contributed by atoms with Gasteiger partial charge in [0, 0.05) is 17.9 Å². The van der Waals surface area contributed by atoms with Crippen molar-refractivity contribution in [3.63, 3.8) is 0 Å². The topological polar surface area (TPSA) is 66.9 Å². The summed E-state index contributed by atoms with van der Waals surface area (Å²) in [5, 5.41) is 6.15. The summed E-state index contributed by atoms with van der Waals surface area (Å²) in [4.78, 5) is 20.8. The van der Waals surface area contributed by atoms with Crippen LogP contribution < -0.4 is 10.6 Å². The molecule has 1 amide bonds. The minimum Gasteiger partial charge on any atom is -0.348 e. The highest BCUT2D eigenvalue weighted by atomic mass is 16.1. The number of amides is 1. The van der Waals surface area contributed by atoms with E-state index >= 15 is 0 Å². The quantitative estimate of drug-likeness (QED) is 0.870. The predicted molar refractivity (Wildman–Crippen MR) is 97.7 cm³/mol. The Bertz CT molecular complexity index is 707. The number of nitrogens with zero attached hydrogens (tertiary/aromatic N) is 2. The van der Waals surface area contributed by atoms with Gasteiger partial charge in [0.2, 0.25) is 5.95 Å². The third-order valence-corrected chi connectivity index (χ3v) is 3.86. The molecule has 5 heteroatoms. The molecule has 2 aromatic rings. The van der Waals surface area contributed by atoms with E-state index < -0.39 is 0 Å². The van der Waals surface area contributed by atoms with E-state index in [-0.39, 0.29) is 17.4 Å². The summed E-state index contributed by atoms with van der Waals surface area (Å²) in [7, 11) is 0. The van der Waals surface area contributed by atoms with Gasteiger partial charge < -0.3 is 10.6 Å². The lowest BCUT2D eigenvalue weighted by Gasteiger charge is -2.23. The first kappa shape index (κ1) is 17.9. The van der Waals surface area contributed by atoms with Crippen molar-refractivity contribution in [3.05, 3.63) is 47.8 Å². The molecular formula is C19H26N4O. The number of anilines is 2. The fourth-order valence-electron chi connectivity index (χ4n) is 2.31. The Hall–Kier alpha value is -2.43. The zero-order valence-electron chi connectivity index (χ0n) is 15.1.